The van der Waals surface area contributed by atoms with Crippen molar-refractivity contribution in [1.29, 1.82) is 0 Å². The monoisotopic (exact) mass is 258 g/mol. The topological polar surface area (TPSA) is 54.2 Å². The predicted molar refractivity (Wildman–Crippen MR) is 71.3 cm³/mol. The van der Waals surface area contributed by atoms with Crippen LogP contribution < -0.4 is 0 Å². The fraction of sp³-hybridized carbons (Fsp3) is 0.429. The molecule has 3 rings (SSSR count). The van der Waals surface area contributed by atoms with Gasteiger partial charge in [-0.15, -0.1) is 10.2 Å². The highest BCUT2D eigenvalue weighted by Crippen LogP contribution is 2.18. The zero-order valence-electron chi connectivity index (χ0n) is 10.8. The minimum atomic E-state index is -0.388. The van der Waals surface area contributed by atoms with Crippen LogP contribution in [0, 0.1) is 0 Å². The highest BCUT2D eigenvalue weighted by atomic mass is 16.3. The molecule has 5 nitrogen and oxygen atoms in total. The van der Waals surface area contributed by atoms with E-state index in [1.165, 1.54) is 0 Å². The molecule has 0 spiro atoms. The quantitative estimate of drug-likeness (QED) is 0.896. The van der Waals surface area contributed by atoms with Crippen molar-refractivity contribution in [2.45, 2.75) is 25.6 Å². The zero-order valence-corrected chi connectivity index (χ0v) is 10.8. The van der Waals surface area contributed by atoms with E-state index in [1.54, 1.807) is 6.33 Å². The van der Waals surface area contributed by atoms with Crippen LogP contribution in [0.5, 0.6) is 0 Å². The second kappa shape index (κ2) is 5.50. The van der Waals surface area contributed by atoms with Crippen LogP contribution in [0.3, 0.4) is 0 Å². The normalized spacial score (nSPS) is 17.1. The first kappa shape index (κ1) is 12.3. The van der Waals surface area contributed by atoms with Crippen molar-refractivity contribution in [2.75, 3.05) is 13.1 Å². The Bertz CT molecular complexity index is 525. The first-order valence-corrected chi connectivity index (χ1v) is 6.65. The number of hydrogen-bond donors (Lipinski definition) is 1. The molecule has 1 aromatic carbocycles. The summed E-state index contributed by atoms with van der Waals surface area (Å²) in [6, 6.07) is 9.83. The third-order valence-electron chi connectivity index (χ3n) is 3.62. The van der Waals surface area contributed by atoms with E-state index < -0.39 is 0 Å². The molecule has 2 aromatic rings. The van der Waals surface area contributed by atoms with Gasteiger partial charge in [-0.2, -0.15) is 0 Å². The molecule has 1 atom stereocenters. The van der Waals surface area contributed by atoms with Crippen LogP contribution in [-0.4, -0.2) is 37.9 Å². The van der Waals surface area contributed by atoms with E-state index in [4.69, 9.17) is 0 Å². The number of hydrogen-bond acceptors (Lipinski definition) is 4. The average Bonchev–Trinajstić information content (AvgIpc) is 2.93. The van der Waals surface area contributed by atoms with E-state index in [9.17, 15) is 5.11 Å². The predicted octanol–water partition coefficient (Wildman–Crippen LogP) is 1.22. The van der Waals surface area contributed by atoms with E-state index in [1.807, 2.05) is 30.3 Å². The van der Waals surface area contributed by atoms with Crippen molar-refractivity contribution < 1.29 is 5.11 Å². The number of rotatable bonds is 4. The van der Waals surface area contributed by atoms with Gasteiger partial charge in [0, 0.05) is 19.6 Å². The lowest BCUT2D eigenvalue weighted by Gasteiger charge is -2.27. The Balaban J connectivity index is 1.54. The lowest BCUT2D eigenvalue weighted by molar-refractivity contribution is 0.130. The van der Waals surface area contributed by atoms with Crippen molar-refractivity contribution in [3.8, 4) is 0 Å². The van der Waals surface area contributed by atoms with Crippen LogP contribution in [0.4, 0.5) is 0 Å². The molecule has 0 bridgehead atoms. The molecule has 1 aliphatic heterocycles. The van der Waals surface area contributed by atoms with Crippen molar-refractivity contribution in [3.05, 3.63) is 48.0 Å². The van der Waals surface area contributed by atoms with Crippen LogP contribution in [0.2, 0.25) is 0 Å². The van der Waals surface area contributed by atoms with E-state index in [0.717, 1.165) is 44.0 Å². The zero-order chi connectivity index (χ0) is 13.1. The van der Waals surface area contributed by atoms with Gasteiger partial charge >= 0.3 is 0 Å². The molecule has 1 aromatic heterocycles. The van der Waals surface area contributed by atoms with Gasteiger partial charge in [0.05, 0.1) is 12.6 Å². The van der Waals surface area contributed by atoms with Crippen LogP contribution in [0.25, 0.3) is 0 Å². The first-order chi connectivity index (χ1) is 9.33. The molecule has 0 saturated heterocycles. The molecule has 0 fully saturated rings. The molecular formula is C14H18N4O. The largest absolute Gasteiger partial charge is 0.388 e. The van der Waals surface area contributed by atoms with E-state index >= 15 is 0 Å². The Kier molecular flexibility index (Phi) is 3.57. The summed E-state index contributed by atoms with van der Waals surface area (Å²) in [5.74, 6) is 1.01. The fourth-order valence-electron chi connectivity index (χ4n) is 2.45. The molecule has 1 aliphatic rings. The standard InChI is InChI=1S/C14H18N4O/c19-13(12-4-2-1-3-5-12)6-7-17-8-9-18-11-15-16-14(18)10-17/h1-5,11,13,19H,6-10H2. The summed E-state index contributed by atoms with van der Waals surface area (Å²) in [6.07, 6.45) is 2.14. The Morgan fingerprint density at radius 1 is 1.21 bits per heavy atom. The van der Waals surface area contributed by atoms with Gasteiger partial charge in [-0.25, -0.2) is 0 Å². The molecule has 0 saturated carbocycles. The Labute approximate surface area is 112 Å². The van der Waals surface area contributed by atoms with Crippen LogP contribution in [0.1, 0.15) is 23.9 Å². The third-order valence-corrected chi connectivity index (χ3v) is 3.62. The lowest BCUT2D eigenvalue weighted by Crippen LogP contribution is -2.34. The summed E-state index contributed by atoms with van der Waals surface area (Å²) in [6.45, 7) is 3.63. The van der Waals surface area contributed by atoms with Crippen molar-refractivity contribution >= 4 is 0 Å². The molecule has 100 valence electrons. The van der Waals surface area contributed by atoms with Gasteiger partial charge in [0.1, 0.15) is 12.2 Å². The number of aliphatic hydroxyl groups excluding tert-OH is 1. The number of aliphatic hydroxyl groups is 1. The smallest absolute Gasteiger partial charge is 0.147 e. The van der Waals surface area contributed by atoms with E-state index in [2.05, 4.69) is 19.7 Å². The van der Waals surface area contributed by atoms with Gasteiger partial charge in [-0.1, -0.05) is 30.3 Å². The van der Waals surface area contributed by atoms with Gasteiger partial charge < -0.3 is 9.67 Å². The lowest BCUT2D eigenvalue weighted by atomic mass is 10.1. The Morgan fingerprint density at radius 3 is 2.89 bits per heavy atom. The third kappa shape index (κ3) is 2.83. The Morgan fingerprint density at radius 2 is 2.05 bits per heavy atom. The van der Waals surface area contributed by atoms with Gasteiger partial charge in [0.15, 0.2) is 0 Å². The molecule has 1 unspecified atom stereocenters. The number of aromatic nitrogens is 3. The van der Waals surface area contributed by atoms with Crippen LogP contribution >= 0.6 is 0 Å². The minimum Gasteiger partial charge on any atom is -0.388 e. The molecule has 0 radical (unpaired) electrons. The highest BCUT2D eigenvalue weighted by Gasteiger charge is 2.18. The molecular weight excluding hydrogens is 240 g/mol. The van der Waals surface area contributed by atoms with Gasteiger partial charge in [-0.3, -0.25) is 4.90 Å². The first-order valence-electron chi connectivity index (χ1n) is 6.65. The maximum atomic E-state index is 10.1. The fourth-order valence-corrected chi connectivity index (χ4v) is 2.45. The summed E-state index contributed by atoms with van der Waals surface area (Å²) in [7, 11) is 0. The number of nitrogens with zero attached hydrogens (tertiary/aromatic N) is 4. The van der Waals surface area contributed by atoms with Crippen molar-refractivity contribution in [2.24, 2.45) is 0 Å². The maximum Gasteiger partial charge on any atom is 0.147 e. The van der Waals surface area contributed by atoms with Crippen molar-refractivity contribution in [3.63, 3.8) is 0 Å². The van der Waals surface area contributed by atoms with Crippen molar-refractivity contribution in [1.82, 2.24) is 19.7 Å². The second-order valence-corrected chi connectivity index (χ2v) is 4.93. The number of benzene rings is 1. The molecule has 19 heavy (non-hydrogen) atoms. The molecule has 5 heteroatoms. The Hall–Kier alpha value is -1.72. The highest BCUT2D eigenvalue weighted by molar-refractivity contribution is 5.17. The van der Waals surface area contributed by atoms with Gasteiger partial charge in [0.25, 0.3) is 0 Å². The van der Waals surface area contributed by atoms with Crippen LogP contribution in [-0.2, 0) is 13.1 Å². The summed E-state index contributed by atoms with van der Waals surface area (Å²) in [5.41, 5.74) is 0.989. The molecule has 0 amide bonds. The number of fused-ring (bicyclic) bond motifs is 1. The van der Waals surface area contributed by atoms with E-state index in [-0.39, 0.29) is 6.10 Å². The maximum absolute atomic E-state index is 10.1. The van der Waals surface area contributed by atoms with Gasteiger partial charge in [-0.05, 0) is 12.0 Å². The molecule has 1 N–H and O–H groups in total. The SMILES string of the molecule is OC(CCN1CCn2cnnc2C1)c1ccccc1. The summed E-state index contributed by atoms with van der Waals surface area (Å²) in [4.78, 5) is 2.32. The van der Waals surface area contributed by atoms with Crippen LogP contribution in [0.15, 0.2) is 36.7 Å². The average molecular weight is 258 g/mol. The summed E-state index contributed by atoms with van der Waals surface area (Å²) >= 11 is 0. The van der Waals surface area contributed by atoms with Gasteiger partial charge in [0.2, 0.25) is 0 Å². The summed E-state index contributed by atoms with van der Waals surface area (Å²) in [5, 5.41) is 18.2. The molecule has 0 aliphatic carbocycles. The minimum absolute atomic E-state index is 0.388. The molecule has 2 heterocycles. The summed E-state index contributed by atoms with van der Waals surface area (Å²) < 4.78 is 2.09. The van der Waals surface area contributed by atoms with E-state index in [0.29, 0.717) is 0 Å². The second-order valence-electron chi connectivity index (χ2n) is 4.93.